The van der Waals surface area contributed by atoms with Gasteiger partial charge in [-0.3, -0.25) is 9.59 Å². The van der Waals surface area contributed by atoms with Crippen LogP contribution in [0.25, 0.3) is 0 Å². The predicted octanol–water partition coefficient (Wildman–Crippen LogP) is 0.190. The van der Waals surface area contributed by atoms with Crippen LogP contribution in [0.15, 0.2) is 24.3 Å². The van der Waals surface area contributed by atoms with Crippen LogP contribution in [0.5, 0.6) is 0 Å². The summed E-state index contributed by atoms with van der Waals surface area (Å²) in [6, 6.07) is 7.27. The highest BCUT2D eigenvalue weighted by molar-refractivity contribution is 5.93. The van der Waals surface area contributed by atoms with Gasteiger partial charge < -0.3 is 26.0 Å². The third kappa shape index (κ3) is 3.62. The average molecular weight is 346 g/mol. The molecule has 0 bridgehead atoms. The molecule has 1 aromatic rings. The molecule has 0 aliphatic carbocycles. The number of amides is 2. The zero-order chi connectivity index (χ0) is 17.9. The van der Waals surface area contributed by atoms with E-state index < -0.39 is 11.3 Å². The number of piperazine rings is 1. The molecule has 3 rings (SSSR count). The molecule has 7 nitrogen and oxygen atoms in total. The summed E-state index contributed by atoms with van der Waals surface area (Å²) in [6.45, 7) is 4.48. The molecule has 0 spiro atoms. The summed E-state index contributed by atoms with van der Waals surface area (Å²) in [5.41, 5.74) is 12.3. The highest BCUT2D eigenvalue weighted by Crippen LogP contribution is 2.32. The van der Waals surface area contributed by atoms with Crippen LogP contribution in [-0.2, 0) is 9.53 Å². The van der Waals surface area contributed by atoms with Crippen molar-refractivity contribution in [3.63, 3.8) is 0 Å². The van der Waals surface area contributed by atoms with Crippen molar-refractivity contribution < 1.29 is 14.3 Å². The summed E-state index contributed by atoms with van der Waals surface area (Å²) in [5, 5.41) is 0. The highest BCUT2D eigenvalue weighted by Gasteiger charge is 2.42. The van der Waals surface area contributed by atoms with Crippen molar-refractivity contribution in [2.75, 3.05) is 50.8 Å². The van der Waals surface area contributed by atoms with Crippen molar-refractivity contribution in [3.8, 4) is 0 Å². The fraction of sp³-hybridized carbons (Fsp3) is 0.556. The van der Waals surface area contributed by atoms with E-state index in [9.17, 15) is 9.59 Å². The van der Waals surface area contributed by atoms with Crippen LogP contribution in [0.1, 0.15) is 23.2 Å². The van der Waals surface area contributed by atoms with Gasteiger partial charge in [0.25, 0.3) is 0 Å². The van der Waals surface area contributed by atoms with Crippen LogP contribution < -0.4 is 16.4 Å². The van der Waals surface area contributed by atoms with E-state index in [1.165, 1.54) is 0 Å². The summed E-state index contributed by atoms with van der Waals surface area (Å²) >= 11 is 0. The molecular weight excluding hydrogens is 320 g/mol. The fourth-order valence-corrected chi connectivity index (χ4v) is 3.61. The van der Waals surface area contributed by atoms with E-state index in [0.717, 1.165) is 18.8 Å². The first-order chi connectivity index (χ1) is 12.1. The van der Waals surface area contributed by atoms with Crippen molar-refractivity contribution in [1.29, 1.82) is 0 Å². The van der Waals surface area contributed by atoms with Crippen molar-refractivity contribution in [3.05, 3.63) is 29.8 Å². The quantitative estimate of drug-likeness (QED) is 0.810. The summed E-state index contributed by atoms with van der Waals surface area (Å²) < 4.78 is 5.40. The summed E-state index contributed by atoms with van der Waals surface area (Å²) in [4.78, 5) is 28.3. The van der Waals surface area contributed by atoms with Crippen molar-refractivity contribution in [2.24, 2.45) is 16.9 Å². The van der Waals surface area contributed by atoms with Gasteiger partial charge in [0.15, 0.2) is 0 Å². The lowest BCUT2D eigenvalue weighted by atomic mass is 9.78. The number of primary amides is 1. The van der Waals surface area contributed by atoms with Crippen LogP contribution in [0.3, 0.4) is 0 Å². The SMILES string of the molecule is NCC1(C(=O)N2CCN(c3ccc(C(N)=O)cc3)CC2)CCOCC1. The maximum atomic E-state index is 13.0. The lowest BCUT2D eigenvalue weighted by Gasteiger charge is -2.42. The molecule has 0 radical (unpaired) electrons. The van der Waals surface area contributed by atoms with Crippen molar-refractivity contribution in [2.45, 2.75) is 12.8 Å². The maximum Gasteiger partial charge on any atom is 0.248 e. The molecule has 2 aliphatic heterocycles. The molecule has 25 heavy (non-hydrogen) atoms. The summed E-state index contributed by atoms with van der Waals surface area (Å²) in [5.74, 6) is -0.257. The molecule has 2 aliphatic rings. The number of carbonyl (C=O) groups is 2. The Bertz CT molecular complexity index is 618. The van der Waals surface area contributed by atoms with Gasteiger partial charge in [-0.2, -0.15) is 0 Å². The van der Waals surface area contributed by atoms with Crippen LogP contribution in [-0.4, -0.2) is 62.7 Å². The summed E-state index contributed by atoms with van der Waals surface area (Å²) in [6.07, 6.45) is 1.41. The van der Waals surface area contributed by atoms with Crippen molar-refractivity contribution >= 4 is 17.5 Å². The zero-order valence-electron chi connectivity index (χ0n) is 14.4. The molecule has 4 N–H and O–H groups in total. The molecule has 2 fully saturated rings. The minimum atomic E-state index is -0.455. The molecule has 0 aromatic heterocycles. The Morgan fingerprint density at radius 1 is 1.04 bits per heavy atom. The lowest BCUT2D eigenvalue weighted by Crippen LogP contribution is -2.56. The first-order valence-electron chi connectivity index (χ1n) is 8.78. The minimum Gasteiger partial charge on any atom is -0.381 e. The van der Waals surface area contributed by atoms with E-state index in [1.54, 1.807) is 12.1 Å². The number of nitrogens with zero attached hydrogens (tertiary/aromatic N) is 2. The third-order valence-corrected chi connectivity index (χ3v) is 5.38. The second-order valence-corrected chi connectivity index (χ2v) is 6.79. The van der Waals surface area contributed by atoms with Gasteiger partial charge in [0, 0.05) is 57.2 Å². The molecule has 1 aromatic carbocycles. The van der Waals surface area contributed by atoms with E-state index in [0.29, 0.717) is 51.3 Å². The molecule has 0 saturated carbocycles. The number of hydrogen-bond donors (Lipinski definition) is 2. The smallest absolute Gasteiger partial charge is 0.248 e. The van der Waals surface area contributed by atoms with Gasteiger partial charge in [-0.15, -0.1) is 0 Å². The Morgan fingerprint density at radius 3 is 2.16 bits per heavy atom. The van der Waals surface area contributed by atoms with Gasteiger partial charge >= 0.3 is 0 Å². The molecule has 7 heteroatoms. The Labute approximate surface area is 147 Å². The first-order valence-corrected chi connectivity index (χ1v) is 8.78. The molecule has 0 atom stereocenters. The monoisotopic (exact) mass is 346 g/mol. The van der Waals surface area contributed by atoms with Gasteiger partial charge in [0.05, 0.1) is 5.41 Å². The number of ether oxygens (including phenoxy) is 1. The first kappa shape index (κ1) is 17.7. The molecule has 2 heterocycles. The van der Waals surface area contributed by atoms with E-state index in [-0.39, 0.29) is 5.91 Å². The second-order valence-electron chi connectivity index (χ2n) is 6.79. The number of hydrogen-bond acceptors (Lipinski definition) is 5. The second kappa shape index (κ2) is 7.41. The number of nitrogens with two attached hydrogens (primary N) is 2. The van der Waals surface area contributed by atoms with Crippen molar-refractivity contribution in [1.82, 2.24) is 4.90 Å². The van der Waals surface area contributed by atoms with Crippen LogP contribution in [0.2, 0.25) is 0 Å². The number of benzene rings is 1. The van der Waals surface area contributed by atoms with Crippen LogP contribution >= 0.6 is 0 Å². The van der Waals surface area contributed by atoms with Gasteiger partial charge in [-0.05, 0) is 37.1 Å². The topological polar surface area (TPSA) is 102 Å². The van der Waals surface area contributed by atoms with Crippen LogP contribution in [0.4, 0.5) is 5.69 Å². The van der Waals surface area contributed by atoms with Gasteiger partial charge in [-0.25, -0.2) is 0 Å². The Hall–Kier alpha value is -2.12. The van der Waals surface area contributed by atoms with E-state index >= 15 is 0 Å². The molecule has 0 unspecified atom stereocenters. The average Bonchev–Trinajstić information content (AvgIpc) is 2.68. The van der Waals surface area contributed by atoms with Gasteiger partial charge in [-0.1, -0.05) is 0 Å². The summed E-state index contributed by atoms with van der Waals surface area (Å²) in [7, 11) is 0. The minimum absolute atomic E-state index is 0.169. The zero-order valence-corrected chi connectivity index (χ0v) is 14.4. The largest absolute Gasteiger partial charge is 0.381 e. The molecule has 136 valence electrons. The van der Waals surface area contributed by atoms with Crippen LogP contribution in [0, 0.1) is 5.41 Å². The number of rotatable bonds is 4. The van der Waals surface area contributed by atoms with E-state index in [1.807, 2.05) is 17.0 Å². The number of carbonyl (C=O) groups excluding carboxylic acids is 2. The Morgan fingerprint density at radius 2 is 1.64 bits per heavy atom. The molecule has 2 amide bonds. The molecular formula is C18H26N4O3. The fourth-order valence-electron chi connectivity index (χ4n) is 3.61. The normalized spacial score (nSPS) is 20.4. The molecule has 2 saturated heterocycles. The van der Waals surface area contributed by atoms with E-state index in [4.69, 9.17) is 16.2 Å². The Balaban J connectivity index is 1.61. The standard InChI is InChI=1S/C18H26N4O3/c19-13-18(5-11-25-12-6-18)17(24)22-9-7-21(8-10-22)15-3-1-14(2-4-15)16(20)23/h1-4H,5-13,19H2,(H2,20,23). The predicted molar refractivity (Wildman–Crippen MR) is 95.3 cm³/mol. The lowest BCUT2D eigenvalue weighted by molar-refractivity contribution is -0.147. The van der Waals surface area contributed by atoms with Gasteiger partial charge in [0.1, 0.15) is 0 Å². The van der Waals surface area contributed by atoms with Gasteiger partial charge in [0.2, 0.25) is 11.8 Å². The maximum absolute atomic E-state index is 13.0. The third-order valence-electron chi connectivity index (χ3n) is 5.38. The Kier molecular flexibility index (Phi) is 5.24. The highest BCUT2D eigenvalue weighted by atomic mass is 16.5. The number of anilines is 1. The van der Waals surface area contributed by atoms with E-state index in [2.05, 4.69) is 4.90 Å².